The molecular weight excluding hydrogens is 935 g/mol. The van der Waals surface area contributed by atoms with Gasteiger partial charge < -0.3 is 31.1 Å². The van der Waals surface area contributed by atoms with Crippen molar-refractivity contribution in [1.29, 1.82) is 0 Å². The molecule has 1 heterocycles. The number of para-hydroxylation sites is 1. The van der Waals surface area contributed by atoms with E-state index in [1.807, 2.05) is 19.1 Å². The highest BCUT2D eigenvalue weighted by molar-refractivity contribution is 7.93. The van der Waals surface area contributed by atoms with Crippen molar-refractivity contribution >= 4 is 109 Å². The summed E-state index contributed by atoms with van der Waals surface area (Å²) >= 11 is 0. The lowest BCUT2D eigenvalue weighted by molar-refractivity contribution is -0.114. The minimum Gasteiger partial charge on any atom is -0.505 e. The lowest BCUT2D eigenvalue weighted by atomic mass is 10.1. The molecular formula is C38H37N9O14S4. The maximum Gasteiger partial charge on any atom is 0.296 e. The molecule has 6 rings (SSSR count). The van der Waals surface area contributed by atoms with Crippen LogP contribution in [0.25, 0.3) is 10.8 Å². The minimum atomic E-state index is -5.16. The molecule has 0 radical (unpaired) electrons. The molecule has 0 aliphatic carbocycles. The first-order chi connectivity index (χ1) is 30.4. The fraction of sp³-hybridized carbons (Fsp3) is 0.158. The number of aromatic hydroxyl groups is 1. The van der Waals surface area contributed by atoms with Gasteiger partial charge in [-0.05, 0) is 72.0 Å². The number of nitrogens with one attached hydrogen (secondary N) is 4. The number of nitrogens with zero attached hydrogens (tertiary/aromatic N) is 5. The molecule has 0 bridgehead atoms. The van der Waals surface area contributed by atoms with Crippen molar-refractivity contribution in [3.05, 3.63) is 90.5 Å². The van der Waals surface area contributed by atoms with Gasteiger partial charge in [-0.2, -0.15) is 40.2 Å². The third-order valence-electron chi connectivity index (χ3n) is 9.05. The van der Waals surface area contributed by atoms with Crippen LogP contribution in [-0.2, 0) is 51.4 Å². The Balaban J connectivity index is 1.45. The van der Waals surface area contributed by atoms with Gasteiger partial charge >= 0.3 is 0 Å². The number of phenolic OH excluding ortho intramolecular Hbond substituents is 1. The van der Waals surface area contributed by atoms with Gasteiger partial charge in [-0.1, -0.05) is 31.2 Å². The predicted octanol–water partition coefficient (Wildman–Crippen LogP) is 6.06. The van der Waals surface area contributed by atoms with Crippen molar-refractivity contribution < 1.29 is 62.0 Å². The standard InChI is InChI=1S/C38H37N9O14S4/c1-4-22-8-5-6-11-28(22)41-37-43-36(40-24-9-7-10-26(18-24)62(50,51)14-15-63(52,53)54)44-38(45-37)42-29-19-30(32(64(55,56)57)20-31(29)61-3)46-47-34-33(65(58,59)60)17-23-16-25(39-21(2)48)12-13-27(23)35(34)49/h5-13,16-20,49H,4,14-15H2,1-3H3,(H,39,48)(H,52,53,54)(H,55,56,57)(H,58,59,60)(H3,40,41,42,43,44,45). The number of carbonyl (C=O) groups is 1. The van der Waals surface area contributed by atoms with E-state index in [1.54, 1.807) is 12.1 Å². The van der Waals surface area contributed by atoms with E-state index in [9.17, 15) is 52.7 Å². The minimum absolute atomic E-state index is 0.0109. The van der Waals surface area contributed by atoms with Gasteiger partial charge in [-0.3, -0.25) is 18.5 Å². The molecule has 0 spiro atoms. The fourth-order valence-corrected chi connectivity index (χ4v) is 9.92. The topological polar surface area (TPSA) is 355 Å². The summed E-state index contributed by atoms with van der Waals surface area (Å²) in [7, 11) is -17.9. The van der Waals surface area contributed by atoms with E-state index < -0.39 is 84.5 Å². The Hall–Kier alpha value is -6.88. The Bertz CT molecular complexity index is 3350. The van der Waals surface area contributed by atoms with Gasteiger partial charge in [0.2, 0.25) is 23.8 Å². The van der Waals surface area contributed by atoms with Crippen molar-refractivity contribution in [2.45, 2.75) is 35.0 Å². The Labute approximate surface area is 371 Å². The third kappa shape index (κ3) is 11.8. The Morgan fingerprint density at radius 2 is 1.34 bits per heavy atom. The first-order valence-corrected chi connectivity index (χ1v) is 24.7. The number of benzene rings is 5. The van der Waals surface area contributed by atoms with E-state index in [4.69, 9.17) is 9.29 Å². The summed E-state index contributed by atoms with van der Waals surface area (Å²) in [5.41, 5.74) is 0.168. The number of fused-ring (bicyclic) bond motifs is 1. The summed E-state index contributed by atoms with van der Waals surface area (Å²) in [6.07, 6.45) is 0.597. The van der Waals surface area contributed by atoms with Crippen LogP contribution in [0.3, 0.4) is 0 Å². The summed E-state index contributed by atoms with van der Waals surface area (Å²) in [6, 6.07) is 19.2. The van der Waals surface area contributed by atoms with E-state index in [0.717, 1.165) is 30.9 Å². The van der Waals surface area contributed by atoms with E-state index in [1.165, 1.54) is 49.4 Å². The Morgan fingerprint density at radius 1 is 0.692 bits per heavy atom. The fourth-order valence-electron chi connectivity index (χ4n) is 6.10. The molecule has 342 valence electrons. The van der Waals surface area contributed by atoms with Crippen LogP contribution in [0.1, 0.15) is 19.4 Å². The average molecular weight is 972 g/mol. The van der Waals surface area contributed by atoms with Crippen LogP contribution in [0.4, 0.5) is 52.0 Å². The number of carbonyl (C=O) groups excluding carboxylic acids is 1. The predicted molar refractivity (Wildman–Crippen MR) is 237 cm³/mol. The monoisotopic (exact) mass is 971 g/mol. The number of amides is 1. The first-order valence-electron chi connectivity index (χ1n) is 18.5. The maximum absolute atomic E-state index is 12.9. The van der Waals surface area contributed by atoms with Crippen LogP contribution < -0.4 is 26.0 Å². The zero-order valence-corrected chi connectivity index (χ0v) is 37.2. The van der Waals surface area contributed by atoms with Gasteiger partial charge in [0, 0.05) is 35.4 Å². The molecule has 0 saturated carbocycles. The normalized spacial score (nSPS) is 12.3. The highest BCUT2D eigenvalue weighted by atomic mass is 32.2. The molecule has 8 N–H and O–H groups in total. The van der Waals surface area contributed by atoms with Gasteiger partial charge in [0.15, 0.2) is 15.6 Å². The lowest BCUT2D eigenvalue weighted by Crippen LogP contribution is -2.16. The van der Waals surface area contributed by atoms with Crippen LogP contribution in [0, 0.1) is 0 Å². The van der Waals surface area contributed by atoms with E-state index in [2.05, 4.69) is 46.4 Å². The Kier molecular flexibility index (Phi) is 13.7. The lowest BCUT2D eigenvalue weighted by Gasteiger charge is -2.15. The molecule has 65 heavy (non-hydrogen) atoms. The highest BCUT2D eigenvalue weighted by Gasteiger charge is 2.25. The van der Waals surface area contributed by atoms with Crippen molar-refractivity contribution in [3.63, 3.8) is 0 Å². The number of aromatic nitrogens is 3. The molecule has 0 aliphatic rings. The van der Waals surface area contributed by atoms with Crippen LogP contribution in [0.15, 0.2) is 110 Å². The number of methoxy groups -OCH3 is 1. The van der Waals surface area contributed by atoms with Crippen LogP contribution in [0.5, 0.6) is 11.5 Å². The second-order valence-electron chi connectivity index (χ2n) is 13.7. The van der Waals surface area contributed by atoms with Crippen LogP contribution in [-0.4, -0.2) is 91.9 Å². The van der Waals surface area contributed by atoms with E-state index in [0.29, 0.717) is 12.1 Å². The molecule has 0 atom stereocenters. The van der Waals surface area contributed by atoms with Gasteiger partial charge in [0.05, 0.1) is 29.2 Å². The van der Waals surface area contributed by atoms with Crippen molar-refractivity contribution in [2.24, 2.45) is 10.2 Å². The molecule has 27 heteroatoms. The van der Waals surface area contributed by atoms with Crippen molar-refractivity contribution in [2.75, 3.05) is 39.9 Å². The van der Waals surface area contributed by atoms with E-state index >= 15 is 0 Å². The molecule has 0 fully saturated rings. The summed E-state index contributed by atoms with van der Waals surface area (Å²) in [4.78, 5) is 22.6. The molecule has 5 aromatic carbocycles. The maximum atomic E-state index is 12.9. The van der Waals surface area contributed by atoms with Gasteiger partial charge in [0.1, 0.15) is 26.9 Å². The summed E-state index contributed by atoms with van der Waals surface area (Å²) in [6.45, 7) is 3.15. The zero-order valence-electron chi connectivity index (χ0n) is 33.9. The van der Waals surface area contributed by atoms with Gasteiger partial charge in [-0.25, -0.2) is 8.42 Å². The van der Waals surface area contributed by atoms with Gasteiger partial charge in [0.25, 0.3) is 30.4 Å². The first kappa shape index (κ1) is 47.6. The number of phenols is 1. The van der Waals surface area contributed by atoms with Crippen LogP contribution in [0.2, 0.25) is 0 Å². The van der Waals surface area contributed by atoms with E-state index in [-0.39, 0.29) is 56.3 Å². The third-order valence-corrected chi connectivity index (χ3v) is 13.5. The SMILES string of the molecule is CCc1ccccc1Nc1nc(Nc2cccc(S(=O)(=O)CCS(=O)(=O)O)c2)nc(Nc2cc(N=Nc3c(S(=O)(=O)O)cc4cc(NC(C)=O)ccc4c3O)c(S(=O)(=O)O)cc2OC)n1. The zero-order chi connectivity index (χ0) is 47.5. The molecule has 0 unspecified atom stereocenters. The van der Waals surface area contributed by atoms with Gasteiger partial charge in [-0.15, -0.1) is 10.2 Å². The number of hydrogen-bond donors (Lipinski definition) is 8. The van der Waals surface area contributed by atoms with Crippen LogP contribution >= 0.6 is 0 Å². The summed E-state index contributed by atoms with van der Waals surface area (Å²) < 4.78 is 134. The molecule has 0 saturated heterocycles. The van der Waals surface area contributed by atoms with Crippen molar-refractivity contribution in [3.8, 4) is 11.5 Å². The quantitative estimate of drug-likeness (QED) is 0.0380. The molecule has 6 aromatic rings. The smallest absolute Gasteiger partial charge is 0.296 e. The second-order valence-corrected chi connectivity index (χ2v) is 20.1. The summed E-state index contributed by atoms with van der Waals surface area (Å²) in [5, 5.41) is 30.2. The number of anilines is 7. The largest absolute Gasteiger partial charge is 0.505 e. The highest BCUT2D eigenvalue weighted by Crippen LogP contribution is 2.44. The van der Waals surface area contributed by atoms with Crippen molar-refractivity contribution in [1.82, 2.24) is 15.0 Å². The molecule has 0 aliphatic heterocycles. The number of sulfone groups is 1. The Morgan fingerprint density at radius 3 is 1.95 bits per heavy atom. The second kappa shape index (κ2) is 18.7. The molecule has 23 nitrogen and oxygen atoms in total. The number of rotatable bonds is 17. The molecule has 1 aromatic heterocycles. The number of ether oxygens (including phenoxy) is 1. The number of aryl methyl sites for hydroxylation is 1. The molecule has 1 amide bonds. The average Bonchev–Trinajstić information content (AvgIpc) is 3.21. The summed E-state index contributed by atoms with van der Waals surface area (Å²) in [5.74, 6) is -4.01. The number of azo groups is 1. The number of hydrogen-bond acceptors (Lipinski definition) is 19.